The van der Waals surface area contributed by atoms with Gasteiger partial charge in [-0.1, -0.05) is 30.3 Å². The van der Waals surface area contributed by atoms with E-state index in [4.69, 9.17) is 9.47 Å². The number of nitrogens with one attached hydrogen (secondary N) is 1. The van der Waals surface area contributed by atoms with Gasteiger partial charge in [-0.05, 0) is 74.3 Å². The van der Waals surface area contributed by atoms with Gasteiger partial charge in [-0.15, -0.1) is 11.3 Å². The third-order valence-corrected chi connectivity index (χ3v) is 8.84. The molecule has 0 aliphatic carbocycles. The predicted molar refractivity (Wildman–Crippen MR) is 155 cm³/mol. The van der Waals surface area contributed by atoms with Crippen molar-refractivity contribution in [1.29, 1.82) is 0 Å². The molecule has 1 atom stereocenters. The summed E-state index contributed by atoms with van der Waals surface area (Å²) in [6.45, 7) is 3.50. The molecule has 1 amide bonds. The van der Waals surface area contributed by atoms with E-state index in [-0.39, 0.29) is 17.7 Å². The van der Waals surface area contributed by atoms with Gasteiger partial charge >= 0.3 is 0 Å². The molecule has 3 heterocycles. The Morgan fingerprint density at radius 3 is 2.59 bits per heavy atom. The van der Waals surface area contributed by atoms with Crippen molar-refractivity contribution in [2.24, 2.45) is 0 Å². The van der Waals surface area contributed by atoms with Crippen molar-refractivity contribution in [2.75, 3.05) is 26.8 Å². The van der Waals surface area contributed by atoms with Crippen molar-refractivity contribution in [2.45, 2.75) is 38.3 Å². The summed E-state index contributed by atoms with van der Waals surface area (Å²) >= 11 is 1.63. The van der Waals surface area contributed by atoms with E-state index in [1.807, 2.05) is 60.7 Å². The standard InChI is InChI=1S/C32H32N2O4S/c1-37-27-18-22(8-9-23(27)19-34-16-4-5-17-34)31(36)30-26-6-2-3-7-28(26)39-32(30)21-10-13-25(14-11-21)38-20-24-12-15-29(35)33-24/h2-3,6-11,13-14,18,24H,4-5,12,15-17,19-20H2,1H3,(H,33,35)/t24-/m0/s1. The minimum Gasteiger partial charge on any atom is -0.496 e. The topological polar surface area (TPSA) is 67.9 Å². The second-order valence-electron chi connectivity index (χ2n) is 10.3. The molecule has 0 bridgehead atoms. The lowest BCUT2D eigenvalue weighted by atomic mass is 9.96. The van der Waals surface area contributed by atoms with E-state index in [2.05, 4.69) is 16.3 Å². The first-order valence-corrected chi connectivity index (χ1v) is 14.4. The molecule has 0 radical (unpaired) electrons. The molecule has 3 aromatic carbocycles. The second kappa shape index (κ2) is 11.2. The highest BCUT2D eigenvalue weighted by Crippen LogP contribution is 2.40. The van der Waals surface area contributed by atoms with Gasteiger partial charge in [-0.2, -0.15) is 0 Å². The Morgan fingerprint density at radius 2 is 1.85 bits per heavy atom. The number of hydrogen-bond donors (Lipinski definition) is 1. The maximum absolute atomic E-state index is 14.1. The Labute approximate surface area is 232 Å². The Hall–Kier alpha value is -3.68. The van der Waals surface area contributed by atoms with Gasteiger partial charge in [0.2, 0.25) is 5.91 Å². The van der Waals surface area contributed by atoms with Gasteiger partial charge in [-0.25, -0.2) is 0 Å². The molecular weight excluding hydrogens is 508 g/mol. The highest BCUT2D eigenvalue weighted by atomic mass is 32.1. The molecule has 2 saturated heterocycles. The van der Waals surface area contributed by atoms with Gasteiger partial charge in [-0.3, -0.25) is 14.5 Å². The Kier molecular flexibility index (Phi) is 7.35. The fourth-order valence-electron chi connectivity index (χ4n) is 5.52. The molecule has 1 N–H and O–H groups in total. The zero-order valence-electron chi connectivity index (χ0n) is 22.1. The smallest absolute Gasteiger partial charge is 0.220 e. The number of amides is 1. The van der Waals surface area contributed by atoms with E-state index in [1.54, 1.807) is 18.4 Å². The van der Waals surface area contributed by atoms with Gasteiger partial charge < -0.3 is 14.8 Å². The van der Waals surface area contributed by atoms with Crippen LogP contribution in [0, 0.1) is 0 Å². The summed E-state index contributed by atoms with van der Waals surface area (Å²) in [4.78, 5) is 28.9. The Morgan fingerprint density at radius 1 is 1.05 bits per heavy atom. The van der Waals surface area contributed by atoms with Gasteiger partial charge in [0, 0.05) is 44.6 Å². The maximum atomic E-state index is 14.1. The molecule has 2 aliphatic heterocycles. The lowest BCUT2D eigenvalue weighted by molar-refractivity contribution is -0.119. The van der Waals surface area contributed by atoms with Crippen LogP contribution in [0.15, 0.2) is 66.7 Å². The minimum atomic E-state index is -0.00854. The first kappa shape index (κ1) is 25.6. The Balaban J connectivity index is 1.29. The molecule has 0 spiro atoms. The van der Waals surface area contributed by atoms with E-state index >= 15 is 0 Å². The first-order chi connectivity index (χ1) is 19.1. The predicted octanol–water partition coefficient (Wildman–Crippen LogP) is 6.06. The van der Waals surface area contributed by atoms with E-state index in [0.29, 0.717) is 24.2 Å². The van der Waals surface area contributed by atoms with Crippen molar-refractivity contribution in [3.63, 3.8) is 0 Å². The Bertz CT molecular complexity index is 1500. The summed E-state index contributed by atoms with van der Waals surface area (Å²) in [7, 11) is 1.67. The van der Waals surface area contributed by atoms with Crippen LogP contribution >= 0.6 is 11.3 Å². The second-order valence-corrected chi connectivity index (χ2v) is 11.3. The molecule has 7 heteroatoms. The van der Waals surface area contributed by atoms with Crippen LogP contribution in [0.25, 0.3) is 20.5 Å². The fourth-order valence-corrected chi connectivity index (χ4v) is 6.72. The number of ketones is 1. The van der Waals surface area contributed by atoms with Gasteiger partial charge in [0.25, 0.3) is 0 Å². The summed E-state index contributed by atoms with van der Waals surface area (Å²) in [6, 6.07) is 21.9. The number of rotatable bonds is 9. The van der Waals surface area contributed by atoms with Crippen molar-refractivity contribution >= 4 is 33.1 Å². The minimum absolute atomic E-state index is 0.00854. The number of ether oxygens (including phenoxy) is 2. The highest BCUT2D eigenvalue weighted by Gasteiger charge is 2.24. The van der Waals surface area contributed by atoms with Gasteiger partial charge in [0.15, 0.2) is 5.78 Å². The maximum Gasteiger partial charge on any atom is 0.220 e. The number of hydrogen-bond acceptors (Lipinski definition) is 6. The van der Waals surface area contributed by atoms with Crippen molar-refractivity contribution in [3.05, 3.63) is 83.4 Å². The molecule has 0 saturated carbocycles. The van der Waals surface area contributed by atoms with Crippen LogP contribution in [0.3, 0.4) is 0 Å². The van der Waals surface area contributed by atoms with Gasteiger partial charge in [0.1, 0.15) is 18.1 Å². The van der Waals surface area contributed by atoms with Crippen molar-refractivity contribution < 1.29 is 19.1 Å². The van der Waals surface area contributed by atoms with E-state index in [1.165, 1.54) is 12.8 Å². The third kappa shape index (κ3) is 5.42. The van der Waals surface area contributed by atoms with Crippen molar-refractivity contribution in [1.82, 2.24) is 10.2 Å². The van der Waals surface area contributed by atoms with E-state index < -0.39 is 0 Å². The zero-order valence-corrected chi connectivity index (χ0v) is 22.9. The number of thiophene rings is 1. The van der Waals surface area contributed by atoms with Crippen LogP contribution in [-0.2, 0) is 11.3 Å². The normalized spacial score (nSPS) is 17.5. The summed E-state index contributed by atoms with van der Waals surface area (Å²) in [6.07, 6.45) is 3.83. The van der Waals surface area contributed by atoms with Crippen LogP contribution in [0.5, 0.6) is 11.5 Å². The molecule has 2 fully saturated rings. The largest absolute Gasteiger partial charge is 0.496 e. The van der Waals surface area contributed by atoms with Gasteiger partial charge in [0.05, 0.1) is 13.2 Å². The number of methoxy groups -OCH3 is 1. The number of benzene rings is 3. The summed E-state index contributed by atoms with van der Waals surface area (Å²) < 4.78 is 12.7. The summed E-state index contributed by atoms with van der Waals surface area (Å²) in [5.41, 5.74) is 3.42. The number of likely N-dealkylation sites (tertiary alicyclic amines) is 1. The van der Waals surface area contributed by atoms with E-state index in [9.17, 15) is 9.59 Å². The molecule has 2 aliphatic rings. The van der Waals surface area contributed by atoms with Crippen LogP contribution in [0.4, 0.5) is 0 Å². The zero-order chi connectivity index (χ0) is 26.8. The van der Waals surface area contributed by atoms with E-state index in [0.717, 1.165) is 63.6 Å². The molecule has 6 rings (SSSR count). The summed E-state index contributed by atoms with van der Waals surface area (Å²) in [5.74, 6) is 1.58. The fraction of sp³-hybridized carbons (Fsp3) is 0.312. The molecule has 39 heavy (non-hydrogen) atoms. The monoisotopic (exact) mass is 540 g/mol. The van der Waals surface area contributed by atoms with Crippen LogP contribution in [0.1, 0.15) is 47.2 Å². The SMILES string of the molecule is COc1cc(C(=O)c2c(-c3ccc(OC[C@@H]4CCC(=O)N4)cc3)sc3ccccc23)ccc1CN1CCCC1. The number of nitrogens with zero attached hydrogens (tertiary/aromatic N) is 1. The molecular formula is C32H32N2O4S. The van der Waals surface area contributed by atoms with Crippen LogP contribution < -0.4 is 14.8 Å². The molecule has 0 unspecified atom stereocenters. The lowest BCUT2D eigenvalue weighted by Gasteiger charge is -2.17. The quantitative estimate of drug-likeness (QED) is 0.261. The number of fused-ring (bicyclic) bond motifs is 1. The first-order valence-electron chi connectivity index (χ1n) is 13.6. The lowest BCUT2D eigenvalue weighted by Crippen LogP contribution is -2.30. The molecule has 200 valence electrons. The molecule has 6 nitrogen and oxygen atoms in total. The molecule has 1 aromatic heterocycles. The van der Waals surface area contributed by atoms with Crippen LogP contribution in [-0.4, -0.2) is 49.4 Å². The highest BCUT2D eigenvalue weighted by molar-refractivity contribution is 7.22. The number of carbonyl (C=O) groups excluding carboxylic acids is 2. The van der Waals surface area contributed by atoms with Crippen molar-refractivity contribution in [3.8, 4) is 21.9 Å². The average molecular weight is 541 g/mol. The third-order valence-electron chi connectivity index (χ3n) is 7.62. The molecule has 4 aromatic rings. The average Bonchev–Trinajstić information content (AvgIpc) is 3.72. The summed E-state index contributed by atoms with van der Waals surface area (Å²) in [5, 5.41) is 3.89. The van der Waals surface area contributed by atoms with Crippen LogP contribution in [0.2, 0.25) is 0 Å². The number of carbonyl (C=O) groups is 2.